The van der Waals surface area contributed by atoms with Crippen molar-refractivity contribution in [1.29, 1.82) is 0 Å². The molecule has 4 N–H and O–H groups in total. The third-order valence-electron chi connectivity index (χ3n) is 9.24. The molecule has 0 spiro atoms. The number of sulfonamides is 1. The number of carbonyl (C=O) groups excluding carboxylic acids is 2. The van der Waals surface area contributed by atoms with Crippen molar-refractivity contribution >= 4 is 27.5 Å². The highest BCUT2D eigenvalue weighted by Gasteiger charge is 2.33. The summed E-state index contributed by atoms with van der Waals surface area (Å²) in [6.07, 6.45) is 0.414. The highest BCUT2D eigenvalue weighted by Crippen LogP contribution is 2.23. The smallest absolute Gasteiger partial charge is 0.251 e. The Morgan fingerprint density at radius 3 is 2.14 bits per heavy atom. The Morgan fingerprint density at radius 1 is 0.922 bits per heavy atom. The number of aliphatic hydroxyl groups excluding tert-OH is 1. The van der Waals surface area contributed by atoms with Crippen molar-refractivity contribution in [3.05, 3.63) is 131 Å². The van der Waals surface area contributed by atoms with Crippen LogP contribution in [0.15, 0.2) is 103 Å². The lowest BCUT2D eigenvalue weighted by atomic mass is 9.94. The first-order chi connectivity index (χ1) is 24.4. The number of nitrogens with one attached hydrogen (secondary N) is 3. The van der Waals surface area contributed by atoms with E-state index in [0.29, 0.717) is 26.1 Å². The van der Waals surface area contributed by atoms with Crippen LogP contribution < -0.4 is 25.0 Å². The molecule has 270 valence electrons. The van der Waals surface area contributed by atoms with Gasteiger partial charge in [-0.3, -0.25) is 18.8 Å². The minimum Gasteiger partial charge on any atom is -0.497 e. The zero-order chi connectivity index (χ0) is 36.5. The average molecular weight is 714 g/mol. The van der Waals surface area contributed by atoms with Crippen molar-refractivity contribution in [1.82, 2.24) is 20.9 Å². The molecule has 0 aliphatic carbocycles. The van der Waals surface area contributed by atoms with Gasteiger partial charge in [-0.1, -0.05) is 72.8 Å². The molecular weight excluding hydrogens is 667 g/mol. The maximum Gasteiger partial charge on any atom is 0.251 e. The van der Waals surface area contributed by atoms with Gasteiger partial charge in [0.1, 0.15) is 5.75 Å². The molecule has 4 aromatic rings. The molecule has 2 amide bonds. The van der Waals surface area contributed by atoms with Gasteiger partial charge >= 0.3 is 0 Å². The summed E-state index contributed by atoms with van der Waals surface area (Å²) in [5.74, 6) is -0.224. The second kappa shape index (κ2) is 17.0. The van der Waals surface area contributed by atoms with Crippen molar-refractivity contribution in [2.24, 2.45) is 0 Å². The van der Waals surface area contributed by atoms with Crippen LogP contribution in [0.1, 0.15) is 50.4 Å². The molecule has 1 heterocycles. The number of hydrogen-bond donors (Lipinski definition) is 4. The Labute approximate surface area is 300 Å². The largest absolute Gasteiger partial charge is 0.497 e. The number of piperazine rings is 1. The second-order valence-electron chi connectivity index (χ2n) is 13.0. The molecule has 0 saturated carbocycles. The summed E-state index contributed by atoms with van der Waals surface area (Å²) in [5, 5.41) is 21.3. The van der Waals surface area contributed by atoms with Crippen LogP contribution in [-0.2, 0) is 23.0 Å². The number of methoxy groups -OCH3 is 1. The van der Waals surface area contributed by atoms with E-state index in [-0.39, 0.29) is 28.9 Å². The topological polar surface area (TPSA) is 140 Å². The summed E-state index contributed by atoms with van der Waals surface area (Å²) in [6, 6.07) is 29.9. The lowest BCUT2D eigenvalue weighted by Crippen LogP contribution is -2.61. The first kappa shape index (κ1) is 37.5. The van der Waals surface area contributed by atoms with E-state index in [4.69, 9.17) is 4.74 Å². The van der Waals surface area contributed by atoms with Gasteiger partial charge in [-0.15, -0.1) is 0 Å². The normalized spacial score (nSPS) is 16.8. The number of nitrogens with zero attached hydrogens (tertiary/aromatic N) is 2. The minimum absolute atomic E-state index is 0.0866. The van der Waals surface area contributed by atoms with Crippen molar-refractivity contribution in [2.75, 3.05) is 44.4 Å². The molecule has 1 unspecified atom stereocenters. The van der Waals surface area contributed by atoms with Crippen molar-refractivity contribution in [3.8, 4) is 5.75 Å². The van der Waals surface area contributed by atoms with E-state index >= 15 is 0 Å². The van der Waals surface area contributed by atoms with Gasteiger partial charge in [0, 0.05) is 50.4 Å². The van der Waals surface area contributed by atoms with E-state index in [2.05, 4.69) is 20.9 Å². The molecule has 12 heteroatoms. The van der Waals surface area contributed by atoms with E-state index < -0.39 is 34.0 Å². The molecule has 1 fully saturated rings. The fourth-order valence-corrected chi connectivity index (χ4v) is 6.70. The number of anilines is 1. The molecule has 0 aromatic heterocycles. The molecular formula is C39H47N5O6S. The number of hydrogen-bond acceptors (Lipinski definition) is 8. The van der Waals surface area contributed by atoms with Gasteiger partial charge in [-0.05, 0) is 60.4 Å². The van der Waals surface area contributed by atoms with Crippen LogP contribution in [0.2, 0.25) is 0 Å². The molecule has 0 bridgehead atoms. The Bertz CT molecular complexity index is 1880. The molecule has 5 rings (SSSR count). The molecule has 1 aliphatic heterocycles. The van der Waals surface area contributed by atoms with Crippen LogP contribution >= 0.6 is 0 Å². The summed E-state index contributed by atoms with van der Waals surface area (Å²) in [4.78, 5) is 29.9. The van der Waals surface area contributed by atoms with Gasteiger partial charge < -0.3 is 25.8 Å². The summed E-state index contributed by atoms with van der Waals surface area (Å²) >= 11 is 0. The van der Waals surface area contributed by atoms with E-state index in [0.717, 1.165) is 39.5 Å². The van der Waals surface area contributed by atoms with E-state index in [1.807, 2.05) is 91.9 Å². The van der Waals surface area contributed by atoms with Crippen LogP contribution in [0.3, 0.4) is 0 Å². The molecule has 0 radical (unpaired) electrons. The van der Waals surface area contributed by atoms with Crippen molar-refractivity contribution in [3.63, 3.8) is 0 Å². The Kier molecular flexibility index (Phi) is 12.5. The zero-order valence-electron chi connectivity index (χ0n) is 29.5. The summed E-state index contributed by atoms with van der Waals surface area (Å²) in [6.45, 7) is 4.54. The van der Waals surface area contributed by atoms with Gasteiger partial charge in [0.2, 0.25) is 10.0 Å². The number of benzene rings is 4. The van der Waals surface area contributed by atoms with Crippen LogP contribution in [0, 0.1) is 0 Å². The van der Waals surface area contributed by atoms with E-state index in [1.165, 1.54) is 25.2 Å². The summed E-state index contributed by atoms with van der Waals surface area (Å²) in [5.41, 5.74) is 3.31. The maximum absolute atomic E-state index is 14.1. The van der Waals surface area contributed by atoms with Gasteiger partial charge in [0.15, 0.2) is 0 Å². The fraction of sp³-hybridized carbons (Fsp3) is 0.333. The van der Waals surface area contributed by atoms with Crippen molar-refractivity contribution < 1.29 is 27.9 Å². The lowest BCUT2D eigenvalue weighted by molar-refractivity contribution is 0.0464. The standard InChI is InChI=1S/C39H47N5O6S/c1-27(30-13-9-6-10-14-30)41-38(46)31-22-32(24-33(23-31)43(2)51(4,48)49)39(47)42-35(21-28-11-7-5-8-12-28)37(45)36-26-44(20-19-40-36)25-29-15-17-34(50-3)18-16-29/h5-18,22-24,27,35-37,40,45H,19-21,25-26H2,1-4H3,(H,41,46)(H,42,47)/t27-,35+,36-,37?/m1/s1. The lowest BCUT2D eigenvalue weighted by Gasteiger charge is -2.39. The minimum atomic E-state index is -3.72. The number of carbonyl (C=O) groups is 2. The molecule has 11 nitrogen and oxygen atoms in total. The van der Waals surface area contributed by atoms with Crippen molar-refractivity contribution in [2.45, 2.75) is 44.1 Å². The summed E-state index contributed by atoms with van der Waals surface area (Å²) in [7, 11) is -0.714. The predicted octanol–water partition coefficient (Wildman–Crippen LogP) is 3.76. The SMILES string of the molecule is COc1ccc(CN2CCN[C@@H](C(O)[C@H](Cc3ccccc3)NC(=O)c3cc(C(=O)N[C@H](C)c4ccccc4)cc(N(C)S(C)(=O)=O)c3)C2)cc1. The quantitative estimate of drug-likeness (QED) is 0.155. The number of rotatable bonds is 14. The van der Waals surface area contributed by atoms with Gasteiger partial charge in [0.05, 0.1) is 37.2 Å². The Morgan fingerprint density at radius 2 is 1.53 bits per heavy atom. The third kappa shape index (κ3) is 10.2. The first-order valence-electron chi connectivity index (χ1n) is 17.0. The average Bonchev–Trinajstić information content (AvgIpc) is 3.14. The molecule has 4 aromatic carbocycles. The van der Waals surface area contributed by atoms with Crippen LogP contribution in [0.4, 0.5) is 5.69 Å². The highest BCUT2D eigenvalue weighted by atomic mass is 32.2. The third-order valence-corrected chi connectivity index (χ3v) is 10.5. The number of amides is 2. The van der Waals surface area contributed by atoms with Gasteiger partial charge in [-0.2, -0.15) is 0 Å². The highest BCUT2D eigenvalue weighted by molar-refractivity contribution is 7.92. The predicted molar refractivity (Wildman–Crippen MR) is 199 cm³/mol. The monoisotopic (exact) mass is 713 g/mol. The number of ether oxygens (including phenoxy) is 1. The molecule has 4 atom stereocenters. The fourth-order valence-electron chi connectivity index (χ4n) is 6.21. The van der Waals surface area contributed by atoms with E-state index in [1.54, 1.807) is 7.11 Å². The second-order valence-corrected chi connectivity index (χ2v) is 15.0. The van der Waals surface area contributed by atoms with Gasteiger partial charge in [0.25, 0.3) is 11.8 Å². The zero-order valence-corrected chi connectivity index (χ0v) is 30.3. The maximum atomic E-state index is 14.1. The Balaban J connectivity index is 1.39. The first-order valence-corrected chi connectivity index (χ1v) is 18.8. The molecule has 51 heavy (non-hydrogen) atoms. The summed E-state index contributed by atoms with van der Waals surface area (Å²) < 4.78 is 31.4. The van der Waals surface area contributed by atoms with Crippen LogP contribution in [0.5, 0.6) is 5.75 Å². The van der Waals surface area contributed by atoms with E-state index in [9.17, 15) is 23.1 Å². The molecule has 1 saturated heterocycles. The molecule has 1 aliphatic rings. The van der Waals surface area contributed by atoms with Crippen LogP contribution in [-0.4, -0.2) is 88.5 Å². The Hall–Kier alpha value is -4.75. The van der Waals surface area contributed by atoms with Gasteiger partial charge in [-0.25, -0.2) is 8.42 Å². The number of aliphatic hydroxyl groups is 1. The van der Waals surface area contributed by atoms with Crippen LogP contribution in [0.25, 0.3) is 0 Å².